The number of nitrogens with one attached hydrogen (secondary N) is 1. The maximum Gasteiger partial charge on any atom is 0.419 e. The minimum atomic E-state index is -4.43. The molecule has 0 radical (unpaired) electrons. The highest BCUT2D eigenvalue weighted by atomic mass is 19.4. The quantitative estimate of drug-likeness (QED) is 0.864. The molecule has 0 atom stereocenters. The Bertz CT molecular complexity index is 466. The van der Waals surface area contributed by atoms with Gasteiger partial charge in [-0.3, -0.25) is 4.99 Å². The first-order valence-electron chi connectivity index (χ1n) is 4.85. The Morgan fingerprint density at radius 3 is 2.65 bits per heavy atom. The molecular weight excluding hydrogens is 233 g/mol. The molecule has 0 aromatic heterocycles. The van der Waals surface area contributed by atoms with Gasteiger partial charge < -0.3 is 10.1 Å². The first-order valence-corrected chi connectivity index (χ1v) is 4.85. The number of halogens is 3. The standard InChI is InChI=1S/C11H9F3N2O/c12-11(13,14)9-3-1-2-4-10(9)17-8-5-15-7-16-6-8/h1-5,7H,6H2,(H,15,16). The van der Waals surface area contributed by atoms with Crippen LogP contribution in [0.15, 0.2) is 41.2 Å². The summed E-state index contributed by atoms with van der Waals surface area (Å²) >= 11 is 0. The van der Waals surface area contributed by atoms with Crippen LogP contribution in [-0.2, 0) is 6.18 Å². The molecule has 0 aliphatic carbocycles. The van der Waals surface area contributed by atoms with Crippen LogP contribution in [-0.4, -0.2) is 12.9 Å². The molecule has 1 N–H and O–H groups in total. The molecule has 0 spiro atoms. The number of rotatable bonds is 2. The second-order valence-electron chi connectivity index (χ2n) is 3.34. The second kappa shape index (κ2) is 4.48. The van der Waals surface area contributed by atoms with Crippen molar-refractivity contribution >= 4 is 6.34 Å². The van der Waals surface area contributed by atoms with Crippen molar-refractivity contribution < 1.29 is 17.9 Å². The topological polar surface area (TPSA) is 33.6 Å². The average molecular weight is 242 g/mol. The Kier molecular flexibility index (Phi) is 3.03. The van der Waals surface area contributed by atoms with Gasteiger partial charge in [0.15, 0.2) is 0 Å². The lowest BCUT2D eigenvalue weighted by molar-refractivity contribution is -0.138. The molecule has 1 heterocycles. The first kappa shape index (κ1) is 11.5. The van der Waals surface area contributed by atoms with Gasteiger partial charge in [-0.2, -0.15) is 13.2 Å². The Hall–Kier alpha value is -1.98. The van der Waals surface area contributed by atoms with Gasteiger partial charge in [0, 0.05) is 6.20 Å². The summed E-state index contributed by atoms with van der Waals surface area (Å²) in [5, 5.41) is 2.65. The lowest BCUT2D eigenvalue weighted by atomic mass is 10.2. The fourth-order valence-electron chi connectivity index (χ4n) is 1.36. The smallest absolute Gasteiger partial charge is 0.419 e. The van der Waals surface area contributed by atoms with Gasteiger partial charge in [0.2, 0.25) is 0 Å². The number of hydrogen-bond acceptors (Lipinski definition) is 3. The largest absolute Gasteiger partial charge is 0.458 e. The van der Waals surface area contributed by atoms with E-state index in [2.05, 4.69) is 10.3 Å². The van der Waals surface area contributed by atoms with E-state index < -0.39 is 11.7 Å². The van der Waals surface area contributed by atoms with Crippen molar-refractivity contribution in [2.24, 2.45) is 4.99 Å². The van der Waals surface area contributed by atoms with Gasteiger partial charge in [-0.15, -0.1) is 0 Å². The zero-order valence-electron chi connectivity index (χ0n) is 8.66. The van der Waals surface area contributed by atoms with Crippen LogP contribution in [0.25, 0.3) is 0 Å². The number of alkyl halides is 3. The minimum Gasteiger partial charge on any atom is -0.458 e. The van der Waals surface area contributed by atoms with Gasteiger partial charge in [0.25, 0.3) is 0 Å². The molecule has 1 aromatic carbocycles. The molecule has 90 valence electrons. The summed E-state index contributed by atoms with van der Waals surface area (Å²) < 4.78 is 43.2. The fraction of sp³-hybridized carbons (Fsp3) is 0.182. The number of ether oxygens (including phenoxy) is 1. The summed E-state index contributed by atoms with van der Waals surface area (Å²) in [7, 11) is 0. The maximum atomic E-state index is 12.7. The van der Waals surface area contributed by atoms with E-state index in [4.69, 9.17) is 4.74 Å². The van der Waals surface area contributed by atoms with E-state index in [9.17, 15) is 13.2 Å². The van der Waals surface area contributed by atoms with Gasteiger partial charge in [-0.05, 0) is 12.1 Å². The normalized spacial score (nSPS) is 15.1. The van der Waals surface area contributed by atoms with E-state index >= 15 is 0 Å². The van der Waals surface area contributed by atoms with Crippen molar-refractivity contribution in [1.29, 1.82) is 0 Å². The molecule has 0 unspecified atom stereocenters. The summed E-state index contributed by atoms with van der Waals surface area (Å²) in [5.41, 5.74) is -0.796. The average Bonchev–Trinajstić information content (AvgIpc) is 2.30. The number of hydrogen-bond donors (Lipinski definition) is 1. The second-order valence-corrected chi connectivity index (χ2v) is 3.34. The van der Waals surface area contributed by atoms with Crippen molar-refractivity contribution in [2.75, 3.05) is 6.54 Å². The van der Waals surface area contributed by atoms with Crippen molar-refractivity contribution in [3.8, 4) is 5.75 Å². The molecule has 2 rings (SSSR count). The van der Waals surface area contributed by atoms with Crippen LogP contribution in [0.4, 0.5) is 13.2 Å². The monoisotopic (exact) mass is 242 g/mol. The third kappa shape index (κ3) is 2.77. The maximum absolute atomic E-state index is 12.7. The van der Waals surface area contributed by atoms with Gasteiger partial charge in [-0.25, -0.2) is 0 Å². The van der Waals surface area contributed by atoms with Crippen molar-refractivity contribution in [1.82, 2.24) is 5.32 Å². The SMILES string of the molecule is FC(F)(F)c1ccccc1OC1=CNC=NC1. The molecular formula is C11H9F3N2O. The molecule has 0 fully saturated rings. The van der Waals surface area contributed by atoms with Crippen LogP contribution in [0.1, 0.15) is 5.56 Å². The van der Waals surface area contributed by atoms with E-state index in [1.807, 2.05) is 0 Å². The number of benzene rings is 1. The zero-order chi connectivity index (χ0) is 12.3. The van der Waals surface area contributed by atoms with Crippen LogP contribution in [0, 0.1) is 0 Å². The lowest BCUT2D eigenvalue weighted by Crippen LogP contribution is -2.15. The fourth-order valence-corrected chi connectivity index (χ4v) is 1.36. The van der Waals surface area contributed by atoms with Crippen LogP contribution >= 0.6 is 0 Å². The van der Waals surface area contributed by atoms with Crippen LogP contribution < -0.4 is 10.1 Å². The number of aliphatic imine (C=N–C) groups is 1. The van der Waals surface area contributed by atoms with Crippen molar-refractivity contribution in [2.45, 2.75) is 6.18 Å². The van der Waals surface area contributed by atoms with Crippen molar-refractivity contribution in [3.63, 3.8) is 0 Å². The molecule has 3 nitrogen and oxygen atoms in total. The zero-order valence-corrected chi connectivity index (χ0v) is 8.66. The third-order valence-electron chi connectivity index (χ3n) is 2.09. The molecule has 1 aromatic rings. The highest BCUT2D eigenvalue weighted by molar-refractivity contribution is 5.57. The van der Waals surface area contributed by atoms with Crippen molar-refractivity contribution in [3.05, 3.63) is 41.8 Å². The number of para-hydroxylation sites is 1. The van der Waals surface area contributed by atoms with E-state index in [-0.39, 0.29) is 12.3 Å². The van der Waals surface area contributed by atoms with E-state index in [1.165, 1.54) is 30.7 Å². The molecule has 0 amide bonds. The minimum absolute atomic E-state index is 0.217. The summed E-state index contributed by atoms with van der Waals surface area (Å²) in [6, 6.07) is 5.07. The summed E-state index contributed by atoms with van der Waals surface area (Å²) in [5.74, 6) is 0.120. The van der Waals surface area contributed by atoms with Crippen LogP contribution in [0.5, 0.6) is 5.75 Å². The predicted molar refractivity (Wildman–Crippen MR) is 56.6 cm³/mol. The molecule has 1 aliphatic heterocycles. The Morgan fingerprint density at radius 2 is 2.00 bits per heavy atom. The Balaban J connectivity index is 2.24. The molecule has 0 saturated carbocycles. The van der Waals surface area contributed by atoms with Gasteiger partial charge in [0.05, 0.1) is 11.9 Å². The van der Waals surface area contributed by atoms with E-state index in [1.54, 1.807) is 0 Å². The lowest BCUT2D eigenvalue weighted by Gasteiger charge is -2.15. The summed E-state index contributed by atoms with van der Waals surface area (Å²) in [6.07, 6.45) is -1.51. The highest BCUT2D eigenvalue weighted by Gasteiger charge is 2.34. The van der Waals surface area contributed by atoms with E-state index in [0.717, 1.165) is 6.07 Å². The molecule has 6 heteroatoms. The summed E-state index contributed by atoms with van der Waals surface area (Å²) in [6.45, 7) is 0.221. The molecule has 0 saturated heterocycles. The predicted octanol–water partition coefficient (Wildman–Crippen LogP) is 2.56. The van der Waals surface area contributed by atoms with Gasteiger partial charge in [-0.1, -0.05) is 12.1 Å². The number of nitrogens with zero attached hydrogens (tertiary/aromatic N) is 1. The van der Waals surface area contributed by atoms with Gasteiger partial charge >= 0.3 is 6.18 Å². The Labute approximate surface area is 95.6 Å². The molecule has 0 bridgehead atoms. The highest BCUT2D eigenvalue weighted by Crippen LogP contribution is 2.36. The molecule has 1 aliphatic rings. The first-order chi connectivity index (χ1) is 8.07. The van der Waals surface area contributed by atoms with E-state index in [0.29, 0.717) is 5.76 Å². The Morgan fingerprint density at radius 1 is 1.24 bits per heavy atom. The summed E-state index contributed by atoms with van der Waals surface area (Å²) in [4.78, 5) is 3.84. The molecule has 17 heavy (non-hydrogen) atoms. The van der Waals surface area contributed by atoms with Crippen LogP contribution in [0.2, 0.25) is 0 Å². The van der Waals surface area contributed by atoms with Crippen LogP contribution in [0.3, 0.4) is 0 Å². The van der Waals surface area contributed by atoms with Gasteiger partial charge in [0.1, 0.15) is 18.1 Å². The third-order valence-corrected chi connectivity index (χ3v) is 2.09.